The number of aliphatic hydroxyl groups is 1. The standard InChI is InChI=1S/C14H31N3O/c1-5-8-13(9-10-18)11-16-14(15-7-3)17-12(4)6-2/h12-13,18H,5-11H2,1-4H3,(H2,15,16,17). The predicted octanol–water partition coefficient (Wildman–Crippen LogP) is 2.14. The van der Waals surface area contributed by atoms with E-state index in [1.165, 1.54) is 0 Å². The van der Waals surface area contributed by atoms with Gasteiger partial charge in [-0.05, 0) is 39.0 Å². The average Bonchev–Trinajstić information content (AvgIpc) is 2.36. The maximum absolute atomic E-state index is 9.04. The van der Waals surface area contributed by atoms with E-state index < -0.39 is 0 Å². The summed E-state index contributed by atoms with van der Waals surface area (Å²) in [6.45, 7) is 10.5. The number of hydrogen-bond donors (Lipinski definition) is 3. The lowest BCUT2D eigenvalue weighted by atomic mass is 10.0. The minimum atomic E-state index is 0.259. The number of nitrogens with zero attached hydrogens (tertiary/aromatic N) is 1. The molecule has 0 saturated heterocycles. The lowest BCUT2D eigenvalue weighted by molar-refractivity contribution is 0.253. The summed E-state index contributed by atoms with van der Waals surface area (Å²) in [5.41, 5.74) is 0. The van der Waals surface area contributed by atoms with Crippen LogP contribution in [-0.2, 0) is 0 Å². The molecule has 0 bridgehead atoms. The van der Waals surface area contributed by atoms with Crippen LogP contribution in [0.1, 0.15) is 53.4 Å². The molecular weight excluding hydrogens is 226 g/mol. The van der Waals surface area contributed by atoms with Crippen LogP contribution in [0.15, 0.2) is 4.99 Å². The third-order valence-electron chi connectivity index (χ3n) is 3.08. The molecule has 0 aromatic rings. The van der Waals surface area contributed by atoms with Crippen LogP contribution in [0, 0.1) is 5.92 Å². The van der Waals surface area contributed by atoms with Crippen LogP contribution in [0.25, 0.3) is 0 Å². The van der Waals surface area contributed by atoms with Gasteiger partial charge in [-0.15, -0.1) is 0 Å². The van der Waals surface area contributed by atoms with Crippen molar-refractivity contribution in [3.8, 4) is 0 Å². The molecule has 0 aromatic heterocycles. The van der Waals surface area contributed by atoms with Gasteiger partial charge in [0.1, 0.15) is 0 Å². The lowest BCUT2D eigenvalue weighted by Gasteiger charge is -2.18. The molecule has 4 nitrogen and oxygen atoms in total. The molecule has 0 aromatic carbocycles. The monoisotopic (exact) mass is 257 g/mol. The van der Waals surface area contributed by atoms with E-state index in [1.54, 1.807) is 0 Å². The molecule has 108 valence electrons. The van der Waals surface area contributed by atoms with Crippen LogP contribution >= 0.6 is 0 Å². The van der Waals surface area contributed by atoms with E-state index in [1.807, 2.05) is 0 Å². The summed E-state index contributed by atoms with van der Waals surface area (Å²) in [6.07, 6.45) is 4.21. The summed E-state index contributed by atoms with van der Waals surface area (Å²) >= 11 is 0. The fourth-order valence-corrected chi connectivity index (χ4v) is 1.79. The van der Waals surface area contributed by atoms with Crippen molar-refractivity contribution in [3.05, 3.63) is 0 Å². The minimum Gasteiger partial charge on any atom is -0.396 e. The summed E-state index contributed by atoms with van der Waals surface area (Å²) in [6, 6.07) is 0.435. The Labute approximate surface area is 112 Å². The van der Waals surface area contributed by atoms with Gasteiger partial charge in [0.2, 0.25) is 0 Å². The number of aliphatic imine (C=N–C) groups is 1. The smallest absolute Gasteiger partial charge is 0.191 e. The second kappa shape index (κ2) is 11.3. The SMILES string of the molecule is CCCC(CCO)CN=C(NCC)NC(C)CC. The first-order valence-corrected chi connectivity index (χ1v) is 7.33. The number of hydrogen-bond acceptors (Lipinski definition) is 2. The van der Waals surface area contributed by atoms with Gasteiger partial charge in [-0.25, -0.2) is 0 Å². The van der Waals surface area contributed by atoms with Crippen molar-refractivity contribution in [2.75, 3.05) is 19.7 Å². The second-order valence-electron chi connectivity index (χ2n) is 4.84. The number of guanidine groups is 1. The highest BCUT2D eigenvalue weighted by Crippen LogP contribution is 2.10. The third kappa shape index (κ3) is 8.34. The summed E-state index contributed by atoms with van der Waals surface area (Å²) in [7, 11) is 0. The highest BCUT2D eigenvalue weighted by atomic mass is 16.3. The maximum atomic E-state index is 9.04. The lowest BCUT2D eigenvalue weighted by Crippen LogP contribution is -2.42. The van der Waals surface area contributed by atoms with Crippen LogP contribution in [0.4, 0.5) is 0 Å². The van der Waals surface area contributed by atoms with Crippen LogP contribution in [0.5, 0.6) is 0 Å². The molecule has 0 spiro atoms. The molecule has 2 unspecified atom stereocenters. The molecule has 0 radical (unpaired) electrons. The number of rotatable bonds is 9. The van der Waals surface area contributed by atoms with Gasteiger partial charge in [0.25, 0.3) is 0 Å². The summed E-state index contributed by atoms with van der Waals surface area (Å²) in [5, 5.41) is 15.7. The normalized spacial score (nSPS) is 15.3. The summed E-state index contributed by atoms with van der Waals surface area (Å²) in [4.78, 5) is 4.62. The molecule has 0 rings (SSSR count). The fraction of sp³-hybridized carbons (Fsp3) is 0.929. The highest BCUT2D eigenvalue weighted by molar-refractivity contribution is 5.80. The Balaban J connectivity index is 4.32. The first-order chi connectivity index (χ1) is 8.67. The van der Waals surface area contributed by atoms with Gasteiger partial charge in [0, 0.05) is 25.7 Å². The fourth-order valence-electron chi connectivity index (χ4n) is 1.79. The molecule has 0 fully saturated rings. The van der Waals surface area contributed by atoms with Crippen LogP contribution in [0.3, 0.4) is 0 Å². The maximum Gasteiger partial charge on any atom is 0.191 e. The Morgan fingerprint density at radius 2 is 1.94 bits per heavy atom. The zero-order valence-corrected chi connectivity index (χ0v) is 12.5. The predicted molar refractivity (Wildman–Crippen MR) is 79.0 cm³/mol. The zero-order chi connectivity index (χ0) is 13.8. The Morgan fingerprint density at radius 1 is 1.22 bits per heavy atom. The van der Waals surface area contributed by atoms with Gasteiger partial charge < -0.3 is 15.7 Å². The molecule has 0 saturated carbocycles. The molecule has 4 heteroatoms. The van der Waals surface area contributed by atoms with Crippen molar-refractivity contribution in [2.45, 2.75) is 59.4 Å². The molecule has 0 aliphatic rings. The Hall–Kier alpha value is -0.770. The molecule has 3 N–H and O–H groups in total. The van der Waals surface area contributed by atoms with E-state index in [0.717, 1.165) is 44.7 Å². The summed E-state index contributed by atoms with van der Waals surface area (Å²) in [5.74, 6) is 1.39. The summed E-state index contributed by atoms with van der Waals surface area (Å²) < 4.78 is 0. The third-order valence-corrected chi connectivity index (χ3v) is 3.08. The van der Waals surface area contributed by atoms with Crippen molar-refractivity contribution in [1.82, 2.24) is 10.6 Å². The molecule has 0 aliphatic heterocycles. The van der Waals surface area contributed by atoms with Gasteiger partial charge in [0.15, 0.2) is 5.96 Å². The highest BCUT2D eigenvalue weighted by Gasteiger charge is 2.08. The molecule has 18 heavy (non-hydrogen) atoms. The molecule has 0 amide bonds. The van der Waals surface area contributed by atoms with Crippen molar-refractivity contribution in [2.24, 2.45) is 10.9 Å². The first kappa shape index (κ1) is 17.2. The number of nitrogens with one attached hydrogen (secondary N) is 2. The van der Waals surface area contributed by atoms with Gasteiger partial charge in [-0.3, -0.25) is 4.99 Å². The van der Waals surface area contributed by atoms with E-state index in [9.17, 15) is 0 Å². The Kier molecular flexibility index (Phi) is 10.8. The topological polar surface area (TPSA) is 56.7 Å². The first-order valence-electron chi connectivity index (χ1n) is 7.33. The van der Waals surface area contributed by atoms with E-state index in [-0.39, 0.29) is 6.61 Å². The van der Waals surface area contributed by atoms with Crippen molar-refractivity contribution < 1.29 is 5.11 Å². The largest absolute Gasteiger partial charge is 0.396 e. The second-order valence-corrected chi connectivity index (χ2v) is 4.84. The van der Waals surface area contributed by atoms with Crippen LogP contribution in [0.2, 0.25) is 0 Å². The van der Waals surface area contributed by atoms with Crippen molar-refractivity contribution >= 4 is 5.96 Å². The van der Waals surface area contributed by atoms with Crippen LogP contribution < -0.4 is 10.6 Å². The molecular formula is C14H31N3O. The minimum absolute atomic E-state index is 0.259. The van der Waals surface area contributed by atoms with Crippen molar-refractivity contribution in [3.63, 3.8) is 0 Å². The van der Waals surface area contributed by atoms with Crippen LogP contribution in [-0.4, -0.2) is 36.8 Å². The molecule has 2 atom stereocenters. The van der Waals surface area contributed by atoms with E-state index in [2.05, 4.69) is 43.3 Å². The zero-order valence-electron chi connectivity index (χ0n) is 12.5. The van der Waals surface area contributed by atoms with E-state index >= 15 is 0 Å². The molecule has 0 heterocycles. The van der Waals surface area contributed by atoms with E-state index in [0.29, 0.717) is 12.0 Å². The van der Waals surface area contributed by atoms with Gasteiger partial charge in [-0.1, -0.05) is 20.3 Å². The van der Waals surface area contributed by atoms with Gasteiger partial charge in [-0.2, -0.15) is 0 Å². The Bertz CT molecular complexity index is 213. The quantitative estimate of drug-likeness (QED) is 0.438. The molecule has 0 aliphatic carbocycles. The van der Waals surface area contributed by atoms with Crippen molar-refractivity contribution in [1.29, 1.82) is 0 Å². The number of aliphatic hydroxyl groups excluding tert-OH is 1. The average molecular weight is 257 g/mol. The van der Waals surface area contributed by atoms with Gasteiger partial charge in [0.05, 0.1) is 0 Å². The van der Waals surface area contributed by atoms with Gasteiger partial charge >= 0.3 is 0 Å². The Morgan fingerprint density at radius 3 is 2.44 bits per heavy atom. The van der Waals surface area contributed by atoms with E-state index in [4.69, 9.17) is 5.11 Å².